The van der Waals surface area contributed by atoms with Gasteiger partial charge in [-0.1, -0.05) is 29.8 Å². The molecular formula is C14H12ClFIN. The van der Waals surface area contributed by atoms with Crippen molar-refractivity contribution in [3.8, 4) is 0 Å². The van der Waals surface area contributed by atoms with Crippen molar-refractivity contribution < 1.29 is 4.39 Å². The summed E-state index contributed by atoms with van der Waals surface area (Å²) in [6, 6.07) is 12.4. The zero-order valence-corrected chi connectivity index (χ0v) is 12.5. The molecule has 0 aliphatic carbocycles. The summed E-state index contributed by atoms with van der Waals surface area (Å²) in [5.41, 5.74) is 7.70. The highest BCUT2D eigenvalue weighted by Crippen LogP contribution is 2.21. The quantitative estimate of drug-likeness (QED) is 0.794. The van der Waals surface area contributed by atoms with E-state index >= 15 is 0 Å². The van der Waals surface area contributed by atoms with E-state index in [2.05, 4.69) is 22.6 Å². The molecule has 0 aromatic heterocycles. The van der Waals surface area contributed by atoms with E-state index < -0.39 is 0 Å². The molecule has 1 nitrogen and oxygen atoms in total. The zero-order chi connectivity index (χ0) is 13.1. The molecule has 94 valence electrons. The fraction of sp³-hybridized carbons (Fsp3) is 0.143. The SMILES string of the molecule is NC(Cc1ccc(Cl)cc1F)c1cccc(I)c1. The second-order valence-corrected chi connectivity index (χ2v) is 5.78. The summed E-state index contributed by atoms with van der Waals surface area (Å²) >= 11 is 7.95. The molecule has 2 aromatic rings. The van der Waals surface area contributed by atoms with Crippen LogP contribution in [0.5, 0.6) is 0 Å². The standard InChI is InChI=1S/C14H12ClFIN/c15-11-5-4-9(13(16)8-11)7-14(18)10-2-1-3-12(17)6-10/h1-6,8,14H,7,18H2. The van der Waals surface area contributed by atoms with Crippen LogP contribution < -0.4 is 5.73 Å². The van der Waals surface area contributed by atoms with Crippen molar-refractivity contribution in [2.24, 2.45) is 5.73 Å². The number of hydrogen-bond donors (Lipinski definition) is 1. The molecule has 0 amide bonds. The molecule has 18 heavy (non-hydrogen) atoms. The molecule has 0 fully saturated rings. The molecule has 0 saturated carbocycles. The van der Waals surface area contributed by atoms with Crippen molar-refractivity contribution in [3.63, 3.8) is 0 Å². The maximum absolute atomic E-state index is 13.7. The Morgan fingerprint density at radius 3 is 2.67 bits per heavy atom. The lowest BCUT2D eigenvalue weighted by molar-refractivity contribution is 0.593. The first-order valence-electron chi connectivity index (χ1n) is 5.51. The van der Waals surface area contributed by atoms with Crippen molar-refractivity contribution in [1.82, 2.24) is 0 Å². The molecular weight excluding hydrogens is 364 g/mol. The fourth-order valence-electron chi connectivity index (χ4n) is 1.78. The lowest BCUT2D eigenvalue weighted by Gasteiger charge is -2.13. The maximum Gasteiger partial charge on any atom is 0.127 e. The number of halogens is 3. The molecule has 0 bridgehead atoms. The van der Waals surface area contributed by atoms with Gasteiger partial charge in [0, 0.05) is 14.6 Å². The van der Waals surface area contributed by atoms with Crippen LogP contribution in [-0.2, 0) is 6.42 Å². The van der Waals surface area contributed by atoms with Crippen LogP contribution in [0, 0.1) is 9.39 Å². The van der Waals surface area contributed by atoms with Crippen LogP contribution in [0.1, 0.15) is 17.2 Å². The van der Waals surface area contributed by atoms with Crippen LogP contribution in [0.25, 0.3) is 0 Å². The Bertz CT molecular complexity index is 559. The van der Waals surface area contributed by atoms with Gasteiger partial charge in [0.25, 0.3) is 0 Å². The third kappa shape index (κ3) is 3.43. The van der Waals surface area contributed by atoms with Gasteiger partial charge >= 0.3 is 0 Å². The minimum atomic E-state index is -0.302. The smallest absolute Gasteiger partial charge is 0.127 e. The molecule has 0 heterocycles. The van der Waals surface area contributed by atoms with Gasteiger partial charge in [0.15, 0.2) is 0 Å². The molecule has 2 aromatic carbocycles. The first-order chi connectivity index (χ1) is 8.56. The van der Waals surface area contributed by atoms with Gasteiger partial charge in [-0.25, -0.2) is 4.39 Å². The normalized spacial score (nSPS) is 12.4. The van der Waals surface area contributed by atoms with Gasteiger partial charge < -0.3 is 5.73 Å². The molecule has 4 heteroatoms. The fourth-order valence-corrected chi connectivity index (χ4v) is 2.51. The summed E-state index contributed by atoms with van der Waals surface area (Å²) < 4.78 is 14.8. The number of nitrogens with two attached hydrogens (primary N) is 1. The van der Waals surface area contributed by atoms with Crippen molar-refractivity contribution in [1.29, 1.82) is 0 Å². The van der Waals surface area contributed by atoms with Crippen molar-refractivity contribution in [2.75, 3.05) is 0 Å². The van der Waals surface area contributed by atoms with E-state index in [1.54, 1.807) is 12.1 Å². The summed E-state index contributed by atoms with van der Waals surface area (Å²) in [6.45, 7) is 0. The van der Waals surface area contributed by atoms with Gasteiger partial charge in [-0.3, -0.25) is 0 Å². The highest BCUT2D eigenvalue weighted by molar-refractivity contribution is 14.1. The Labute approximate surface area is 124 Å². The van der Waals surface area contributed by atoms with E-state index in [9.17, 15) is 4.39 Å². The highest BCUT2D eigenvalue weighted by atomic mass is 127. The van der Waals surface area contributed by atoms with Crippen LogP contribution >= 0.6 is 34.2 Å². The Hall–Kier alpha value is -0.650. The van der Waals surface area contributed by atoms with E-state index in [-0.39, 0.29) is 11.9 Å². The molecule has 0 saturated heterocycles. The first kappa shape index (κ1) is 13.8. The Morgan fingerprint density at radius 2 is 2.00 bits per heavy atom. The minimum absolute atomic E-state index is 0.213. The van der Waals surface area contributed by atoms with Crippen molar-refractivity contribution in [3.05, 3.63) is 68.0 Å². The van der Waals surface area contributed by atoms with Gasteiger partial charge in [0.1, 0.15) is 5.82 Å². The van der Waals surface area contributed by atoms with Crippen LogP contribution in [0.3, 0.4) is 0 Å². The lowest BCUT2D eigenvalue weighted by Crippen LogP contribution is -2.14. The van der Waals surface area contributed by atoms with Crippen LogP contribution in [-0.4, -0.2) is 0 Å². The predicted octanol–water partition coefficient (Wildman–Crippen LogP) is 4.33. The summed E-state index contributed by atoms with van der Waals surface area (Å²) in [5, 5.41) is 0.402. The second-order valence-electron chi connectivity index (χ2n) is 4.10. The van der Waals surface area contributed by atoms with Gasteiger partial charge in [0.2, 0.25) is 0 Å². The summed E-state index contributed by atoms with van der Waals surface area (Å²) in [7, 11) is 0. The van der Waals surface area contributed by atoms with Crippen LogP contribution in [0.15, 0.2) is 42.5 Å². The lowest BCUT2D eigenvalue weighted by atomic mass is 9.99. The minimum Gasteiger partial charge on any atom is -0.324 e. The van der Waals surface area contributed by atoms with Gasteiger partial charge in [-0.15, -0.1) is 0 Å². The molecule has 2 N–H and O–H groups in total. The monoisotopic (exact) mass is 375 g/mol. The maximum atomic E-state index is 13.7. The summed E-state index contributed by atoms with van der Waals surface area (Å²) in [6.07, 6.45) is 0.461. The Kier molecular flexibility index (Phi) is 4.59. The van der Waals surface area contributed by atoms with Crippen LogP contribution in [0.2, 0.25) is 5.02 Å². The second kappa shape index (κ2) is 5.99. The Balaban J connectivity index is 2.18. The average Bonchev–Trinajstić information content (AvgIpc) is 2.32. The molecule has 2 rings (SSSR count). The Morgan fingerprint density at radius 1 is 1.22 bits per heavy atom. The van der Waals surface area contributed by atoms with Gasteiger partial charge in [-0.2, -0.15) is 0 Å². The zero-order valence-electron chi connectivity index (χ0n) is 9.54. The molecule has 0 aliphatic rings. The predicted molar refractivity (Wildman–Crippen MR) is 81.2 cm³/mol. The highest BCUT2D eigenvalue weighted by Gasteiger charge is 2.11. The molecule has 1 atom stereocenters. The van der Waals surface area contributed by atoms with E-state index in [4.69, 9.17) is 17.3 Å². The van der Waals surface area contributed by atoms with E-state index in [0.717, 1.165) is 9.13 Å². The van der Waals surface area contributed by atoms with Gasteiger partial charge in [0.05, 0.1) is 0 Å². The summed E-state index contributed by atoms with van der Waals surface area (Å²) in [4.78, 5) is 0. The summed E-state index contributed by atoms with van der Waals surface area (Å²) in [5.74, 6) is -0.302. The molecule has 0 spiro atoms. The first-order valence-corrected chi connectivity index (χ1v) is 6.97. The van der Waals surface area contributed by atoms with Gasteiger partial charge in [-0.05, 0) is 64.4 Å². The molecule has 1 unspecified atom stereocenters. The largest absolute Gasteiger partial charge is 0.324 e. The van der Waals surface area contributed by atoms with E-state index in [1.807, 2.05) is 24.3 Å². The van der Waals surface area contributed by atoms with Crippen molar-refractivity contribution in [2.45, 2.75) is 12.5 Å². The topological polar surface area (TPSA) is 26.0 Å². The van der Waals surface area contributed by atoms with E-state index in [1.165, 1.54) is 6.07 Å². The third-order valence-corrected chi connectivity index (χ3v) is 3.64. The van der Waals surface area contributed by atoms with Crippen molar-refractivity contribution >= 4 is 34.2 Å². The number of hydrogen-bond acceptors (Lipinski definition) is 1. The van der Waals surface area contributed by atoms with Crippen LogP contribution in [0.4, 0.5) is 4.39 Å². The third-order valence-electron chi connectivity index (χ3n) is 2.73. The number of benzene rings is 2. The van der Waals surface area contributed by atoms with E-state index in [0.29, 0.717) is 17.0 Å². The molecule has 0 radical (unpaired) electrons. The molecule has 0 aliphatic heterocycles. The number of rotatable bonds is 3. The average molecular weight is 376 g/mol.